The van der Waals surface area contributed by atoms with Gasteiger partial charge in [-0.1, -0.05) is 11.6 Å². The van der Waals surface area contributed by atoms with Crippen LogP contribution < -0.4 is 14.7 Å². The Bertz CT molecular complexity index is 717. The summed E-state index contributed by atoms with van der Waals surface area (Å²) in [5, 5.41) is 0.422. The molecule has 0 radical (unpaired) electrons. The fraction of sp³-hybridized carbons (Fsp3) is 0.500. The third kappa shape index (κ3) is 3.74. The molecule has 0 saturated carbocycles. The van der Waals surface area contributed by atoms with Crippen molar-refractivity contribution in [3.05, 3.63) is 29.9 Å². The van der Waals surface area contributed by atoms with Gasteiger partial charge < -0.3 is 19.4 Å². The van der Waals surface area contributed by atoms with Gasteiger partial charge in [0.15, 0.2) is 0 Å². The minimum atomic E-state index is 0.422. The molecule has 0 aliphatic carbocycles. The number of nitrogens with zero attached hydrogens (tertiary/aromatic N) is 7. The van der Waals surface area contributed by atoms with Crippen LogP contribution in [0.3, 0.4) is 0 Å². The smallest absolute Gasteiger partial charge is 0.149 e. The number of hydrogen-bond donors (Lipinski definition) is 0. The van der Waals surface area contributed by atoms with Gasteiger partial charge in [0.25, 0.3) is 0 Å². The number of hydrogen-bond acceptors (Lipinski definition) is 8. The highest BCUT2D eigenvalue weighted by molar-refractivity contribution is 6.29. The van der Waals surface area contributed by atoms with Crippen molar-refractivity contribution >= 4 is 29.1 Å². The predicted octanol–water partition coefficient (Wildman–Crippen LogP) is 1.08. The number of ether oxygens (including phenoxy) is 1. The summed E-state index contributed by atoms with van der Waals surface area (Å²) in [5.74, 6) is 2.76. The third-order valence-electron chi connectivity index (χ3n) is 4.49. The molecule has 132 valence electrons. The first-order valence-corrected chi connectivity index (χ1v) is 8.79. The normalized spacial score (nSPS) is 18.5. The summed E-state index contributed by atoms with van der Waals surface area (Å²) in [6, 6.07) is 2.07. The molecule has 2 aliphatic heterocycles. The molecule has 2 aromatic rings. The van der Waals surface area contributed by atoms with E-state index in [1.54, 1.807) is 18.7 Å². The SMILES string of the molecule is Clc1cncc(N2CCN(c3cc(N4CCOCC4)ncn3)CC2)n1. The van der Waals surface area contributed by atoms with E-state index < -0.39 is 0 Å². The number of anilines is 3. The van der Waals surface area contributed by atoms with E-state index in [-0.39, 0.29) is 0 Å². The molecule has 4 heterocycles. The monoisotopic (exact) mass is 361 g/mol. The van der Waals surface area contributed by atoms with Crippen molar-refractivity contribution in [1.29, 1.82) is 0 Å². The molecular formula is C16H20ClN7O. The minimum Gasteiger partial charge on any atom is -0.378 e. The van der Waals surface area contributed by atoms with Gasteiger partial charge in [-0.3, -0.25) is 4.98 Å². The summed E-state index contributed by atoms with van der Waals surface area (Å²) in [5.41, 5.74) is 0. The van der Waals surface area contributed by atoms with Crippen LogP contribution in [0, 0.1) is 0 Å². The van der Waals surface area contributed by atoms with E-state index in [9.17, 15) is 0 Å². The van der Waals surface area contributed by atoms with Crippen molar-refractivity contribution < 1.29 is 4.74 Å². The summed E-state index contributed by atoms with van der Waals surface area (Å²) >= 11 is 5.94. The molecule has 0 spiro atoms. The summed E-state index contributed by atoms with van der Waals surface area (Å²) in [6.07, 6.45) is 4.95. The minimum absolute atomic E-state index is 0.422. The molecular weight excluding hydrogens is 342 g/mol. The number of aromatic nitrogens is 4. The Morgan fingerprint density at radius 3 is 2.04 bits per heavy atom. The highest BCUT2D eigenvalue weighted by atomic mass is 35.5. The van der Waals surface area contributed by atoms with Crippen LogP contribution in [0.2, 0.25) is 5.15 Å². The molecule has 2 aromatic heterocycles. The molecule has 4 rings (SSSR count). The van der Waals surface area contributed by atoms with Gasteiger partial charge in [0.1, 0.15) is 28.9 Å². The maximum atomic E-state index is 5.94. The van der Waals surface area contributed by atoms with Gasteiger partial charge >= 0.3 is 0 Å². The first-order valence-electron chi connectivity index (χ1n) is 8.42. The Hall–Kier alpha value is -2.19. The Labute approximate surface area is 151 Å². The second kappa shape index (κ2) is 7.37. The van der Waals surface area contributed by atoms with Crippen LogP contribution in [0.15, 0.2) is 24.8 Å². The van der Waals surface area contributed by atoms with Gasteiger partial charge in [-0.2, -0.15) is 0 Å². The van der Waals surface area contributed by atoms with Gasteiger partial charge in [-0.15, -0.1) is 0 Å². The van der Waals surface area contributed by atoms with E-state index in [1.165, 1.54) is 0 Å². The van der Waals surface area contributed by atoms with Crippen molar-refractivity contribution in [3.8, 4) is 0 Å². The Morgan fingerprint density at radius 1 is 0.800 bits per heavy atom. The van der Waals surface area contributed by atoms with Gasteiger partial charge in [0.05, 0.1) is 25.6 Å². The summed E-state index contributed by atoms with van der Waals surface area (Å²) in [4.78, 5) is 24.0. The Morgan fingerprint density at radius 2 is 1.40 bits per heavy atom. The van der Waals surface area contributed by atoms with Crippen LogP contribution in [-0.4, -0.2) is 72.4 Å². The van der Waals surface area contributed by atoms with Gasteiger partial charge in [-0.25, -0.2) is 15.0 Å². The van der Waals surface area contributed by atoms with Gasteiger partial charge in [0.2, 0.25) is 0 Å². The van der Waals surface area contributed by atoms with Crippen LogP contribution in [0.4, 0.5) is 17.5 Å². The number of halogens is 1. The average Bonchev–Trinajstić information content (AvgIpc) is 2.69. The number of piperazine rings is 1. The maximum absolute atomic E-state index is 5.94. The lowest BCUT2D eigenvalue weighted by molar-refractivity contribution is 0.122. The highest BCUT2D eigenvalue weighted by Gasteiger charge is 2.21. The van der Waals surface area contributed by atoms with E-state index in [4.69, 9.17) is 16.3 Å². The van der Waals surface area contributed by atoms with E-state index in [1.807, 2.05) is 0 Å². The quantitative estimate of drug-likeness (QED) is 0.804. The van der Waals surface area contributed by atoms with E-state index in [0.29, 0.717) is 5.15 Å². The van der Waals surface area contributed by atoms with Crippen molar-refractivity contribution in [3.63, 3.8) is 0 Å². The molecule has 0 N–H and O–H groups in total. The van der Waals surface area contributed by atoms with Crippen LogP contribution in [0.25, 0.3) is 0 Å². The Kier molecular flexibility index (Phi) is 4.80. The van der Waals surface area contributed by atoms with Crippen LogP contribution in [0.5, 0.6) is 0 Å². The standard InChI is InChI=1S/C16H20ClN7O/c17-13-10-18-11-16(21-13)23-3-1-22(2-4-23)14-9-15(20-12-19-14)24-5-7-25-8-6-24/h9-12H,1-8H2. The summed E-state index contributed by atoms with van der Waals surface area (Å²) in [7, 11) is 0. The maximum Gasteiger partial charge on any atom is 0.149 e. The molecule has 0 unspecified atom stereocenters. The zero-order valence-electron chi connectivity index (χ0n) is 13.9. The van der Waals surface area contributed by atoms with Crippen molar-refractivity contribution in [2.24, 2.45) is 0 Å². The molecule has 0 aromatic carbocycles. The first kappa shape index (κ1) is 16.3. The van der Waals surface area contributed by atoms with Crippen molar-refractivity contribution in [1.82, 2.24) is 19.9 Å². The van der Waals surface area contributed by atoms with E-state index in [2.05, 4.69) is 40.7 Å². The highest BCUT2D eigenvalue weighted by Crippen LogP contribution is 2.21. The van der Waals surface area contributed by atoms with Gasteiger partial charge in [-0.05, 0) is 0 Å². The predicted molar refractivity (Wildman–Crippen MR) is 96.5 cm³/mol. The van der Waals surface area contributed by atoms with Crippen molar-refractivity contribution in [2.75, 3.05) is 67.2 Å². The number of morpholine rings is 1. The summed E-state index contributed by atoms with van der Waals surface area (Å²) < 4.78 is 5.41. The van der Waals surface area contributed by atoms with E-state index >= 15 is 0 Å². The first-order chi connectivity index (χ1) is 12.3. The number of rotatable bonds is 3. The van der Waals surface area contributed by atoms with E-state index in [0.717, 1.165) is 69.9 Å². The molecule has 2 aliphatic rings. The largest absolute Gasteiger partial charge is 0.378 e. The van der Waals surface area contributed by atoms with Crippen LogP contribution in [-0.2, 0) is 4.74 Å². The second-order valence-corrected chi connectivity index (χ2v) is 6.40. The lowest BCUT2D eigenvalue weighted by atomic mass is 10.3. The van der Waals surface area contributed by atoms with Crippen molar-refractivity contribution in [2.45, 2.75) is 0 Å². The van der Waals surface area contributed by atoms with Gasteiger partial charge in [0, 0.05) is 45.3 Å². The molecule has 2 fully saturated rings. The Balaban J connectivity index is 1.42. The van der Waals surface area contributed by atoms with Crippen LogP contribution >= 0.6 is 11.6 Å². The fourth-order valence-corrected chi connectivity index (χ4v) is 3.27. The molecule has 25 heavy (non-hydrogen) atoms. The molecule has 8 nitrogen and oxygen atoms in total. The topological polar surface area (TPSA) is 70.5 Å². The molecule has 9 heteroatoms. The fourth-order valence-electron chi connectivity index (χ4n) is 3.13. The molecule has 2 saturated heterocycles. The lowest BCUT2D eigenvalue weighted by Crippen LogP contribution is -2.47. The second-order valence-electron chi connectivity index (χ2n) is 6.01. The van der Waals surface area contributed by atoms with Crippen LogP contribution in [0.1, 0.15) is 0 Å². The zero-order chi connectivity index (χ0) is 17.1. The zero-order valence-corrected chi connectivity index (χ0v) is 14.6. The molecule has 0 atom stereocenters. The summed E-state index contributed by atoms with van der Waals surface area (Å²) in [6.45, 7) is 6.69. The average molecular weight is 362 g/mol. The molecule has 0 bridgehead atoms. The molecule has 0 amide bonds. The lowest BCUT2D eigenvalue weighted by Gasteiger charge is -2.36. The third-order valence-corrected chi connectivity index (χ3v) is 4.68.